The molecule has 0 aromatic rings. The number of carbonyl (C=O) groups is 1. The van der Waals surface area contributed by atoms with E-state index in [0.717, 1.165) is 0 Å². The summed E-state index contributed by atoms with van der Waals surface area (Å²) in [5.74, 6) is -1.21. The Morgan fingerprint density at radius 3 is 2.93 bits per heavy atom. The Labute approximate surface area is 88.6 Å². The zero-order valence-corrected chi connectivity index (χ0v) is 8.85. The second-order valence-corrected chi connectivity index (χ2v) is 4.04. The van der Waals surface area contributed by atoms with Crippen LogP contribution in [0.1, 0.15) is 6.92 Å². The molecule has 15 heavy (non-hydrogen) atoms. The second-order valence-electron chi connectivity index (χ2n) is 4.04. The van der Waals surface area contributed by atoms with Gasteiger partial charge in [-0.25, -0.2) is 4.79 Å². The van der Waals surface area contributed by atoms with Gasteiger partial charge in [0.15, 0.2) is 5.60 Å². The van der Waals surface area contributed by atoms with Gasteiger partial charge in [-0.15, -0.1) is 0 Å². The van der Waals surface area contributed by atoms with Crippen molar-refractivity contribution >= 4 is 5.97 Å². The lowest BCUT2D eigenvalue weighted by Crippen LogP contribution is -2.53. The number of ether oxygens (including phenoxy) is 1. The van der Waals surface area contributed by atoms with E-state index in [1.165, 1.54) is 6.92 Å². The summed E-state index contributed by atoms with van der Waals surface area (Å²) in [7, 11) is 0. The number of β-amino-alcohol motifs (C(OH)–C–C–N with tert-alkyl or cyclic N) is 1. The average Bonchev–Trinajstić information content (AvgIpc) is 2.17. The summed E-state index contributed by atoms with van der Waals surface area (Å²) >= 11 is 0. The van der Waals surface area contributed by atoms with Gasteiger partial charge in [0, 0.05) is 26.2 Å². The van der Waals surface area contributed by atoms with Crippen LogP contribution in [0.3, 0.4) is 0 Å². The van der Waals surface area contributed by atoms with Crippen molar-refractivity contribution in [3.63, 3.8) is 0 Å². The lowest BCUT2D eigenvalue weighted by atomic mass is 10.1. The minimum Gasteiger partial charge on any atom is -0.479 e. The van der Waals surface area contributed by atoms with E-state index < -0.39 is 11.6 Å². The van der Waals surface area contributed by atoms with E-state index in [2.05, 4.69) is 0 Å². The molecule has 1 saturated heterocycles. The van der Waals surface area contributed by atoms with Crippen LogP contribution in [0.4, 0.5) is 0 Å². The molecule has 2 atom stereocenters. The van der Waals surface area contributed by atoms with Crippen molar-refractivity contribution in [2.75, 3.05) is 32.8 Å². The lowest BCUT2D eigenvalue weighted by molar-refractivity contribution is -0.160. The van der Waals surface area contributed by atoms with E-state index in [1.54, 1.807) is 0 Å². The van der Waals surface area contributed by atoms with Crippen molar-refractivity contribution in [2.24, 2.45) is 5.73 Å². The number of carboxylic acids is 1. The number of carboxylic acid groups (broad SMARTS) is 1. The Bertz CT molecular complexity index is 232. The van der Waals surface area contributed by atoms with E-state index in [9.17, 15) is 9.90 Å². The van der Waals surface area contributed by atoms with Crippen LogP contribution in [0.15, 0.2) is 0 Å². The van der Waals surface area contributed by atoms with Gasteiger partial charge in [-0.05, 0) is 6.92 Å². The number of aliphatic hydroxyl groups is 1. The first kappa shape index (κ1) is 12.4. The molecule has 6 nitrogen and oxygen atoms in total. The molecule has 6 heteroatoms. The number of aliphatic carboxylic acids is 1. The largest absolute Gasteiger partial charge is 0.479 e. The first-order valence-corrected chi connectivity index (χ1v) is 4.95. The van der Waals surface area contributed by atoms with Crippen molar-refractivity contribution < 1.29 is 19.7 Å². The van der Waals surface area contributed by atoms with Crippen LogP contribution < -0.4 is 5.73 Å². The van der Waals surface area contributed by atoms with Gasteiger partial charge in [0.05, 0.1) is 12.7 Å². The van der Waals surface area contributed by atoms with Crippen molar-refractivity contribution in [3.05, 3.63) is 0 Å². The third kappa shape index (κ3) is 3.42. The first-order chi connectivity index (χ1) is 6.95. The Balaban J connectivity index is 2.47. The van der Waals surface area contributed by atoms with E-state index in [4.69, 9.17) is 15.6 Å². The highest BCUT2D eigenvalue weighted by molar-refractivity contribution is 5.76. The second kappa shape index (κ2) is 4.89. The van der Waals surface area contributed by atoms with Gasteiger partial charge in [0.1, 0.15) is 0 Å². The van der Waals surface area contributed by atoms with Crippen molar-refractivity contribution in [2.45, 2.75) is 18.6 Å². The molecule has 0 aromatic heterocycles. The molecule has 0 radical (unpaired) electrons. The molecular weight excluding hydrogens is 200 g/mol. The third-order valence-corrected chi connectivity index (χ3v) is 2.48. The monoisotopic (exact) mass is 218 g/mol. The number of hydrogen-bond acceptors (Lipinski definition) is 5. The maximum atomic E-state index is 10.7. The molecule has 1 aliphatic heterocycles. The highest BCUT2D eigenvalue weighted by Gasteiger charge is 2.33. The van der Waals surface area contributed by atoms with Gasteiger partial charge < -0.3 is 20.7 Å². The molecule has 0 aromatic carbocycles. The summed E-state index contributed by atoms with van der Waals surface area (Å²) in [5.41, 5.74) is 3.75. The van der Waals surface area contributed by atoms with Crippen LogP contribution in [-0.2, 0) is 9.53 Å². The Hall–Kier alpha value is -0.690. The van der Waals surface area contributed by atoms with Crippen LogP contribution in [-0.4, -0.2) is 65.6 Å². The number of nitrogens with two attached hydrogens (primary N) is 1. The fourth-order valence-corrected chi connectivity index (χ4v) is 1.57. The molecular formula is C9H18N2O4. The Kier molecular flexibility index (Phi) is 4.04. The molecule has 1 rings (SSSR count). The zero-order valence-electron chi connectivity index (χ0n) is 8.85. The van der Waals surface area contributed by atoms with Gasteiger partial charge in [-0.1, -0.05) is 0 Å². The summed E-state index contributed by atoms with van der Waals surface area (Å²) in [5, 5.41) is 18.4. The molecule has 0 spiro atoms. The summed E-state index contributed by atoms with van der Waals surface area (Å²) in [4.78, 5) is 12.6. The Morgan fingerprint density at radius 1 is 1.73 bits per heavy atom. The molecule has 0 amide bonds. The molecule has 0 saturated carbocycles. The maximum absolute atomic E-state index is 10.7. The number of hydrogen-bond donors (Lipinski definition) is 3. The van der Waals surface area contributed by atoms with Gasteiger partial charge >= 0.3 is 5.97 Å². The fourth-order valence-electron chi connectivity index (χ4n) is 1.57. The standard InChI is InChI=1S/C9H18N2O4/c1-9(14,8(12)13)6-11-2-3-15-7(4-10)5-11/h7,14H,2-6,10H2,1H3,(H,12,13). The lowest BCUT2D eigenvalue weighted by Gasteiger charge is -2.35. The Morgan fingerprint density at radius 2 is 2.40 bits per heavy atom. The third-order valence-electron chi connectivity index (χ3n) is 2.48. The van der Waals surface area contributed by atoms with Gasteiger partial charge in [-0.3, -0.25) is 4.90 Å². The predicted octanol–water partition coefficient (Wildman–Crippen LogP) is -1.52. The van der Waals surface area contributed by atoms with Crippen LogP contribution in [0.5, 0.6) is 0 Å². The highest BCUT2D eigenvalue weighted by Crippen LogP contribution is 2.11. The number of nitrogens with zero attached hydrogens (tertiary/aromatic N) is 1. The SMILES string of the molecule is CC(O)(CN1CCOC(CN)C1)C(=O)O. The molecule has 0 aliphatic carbocycles. The summed E-state index contributed by atoms with van der Waals surface area (Å²) in [6, 6.07) is 0. The molecule has 1 heterocycles. The van der Waals surface area contributed by atoms with E-state index >= 15 is 0 Å². The van der Waals surface area contributed by atoms with Crippen LogP contribution in [0.25, 0.3) is 0 Å². The zero-order chi connectivity index (χ0) is 11.5. The van der Waals surface area contributed by atoms with Crippen LogP contribution >= 0.6 is 0 Å². The topological polar surface area (TPSA) is 96.0 Å². The van der Waals surface area contributed by atoms with E-state index in [0.29, 0.717) is 26.2 Å². The maximum Gasteiger partial charge on any atom is 0.336 e. The summed E-state index contributed by atoms with van der Waals surface area (Å²) in [6.07, 6.45) is -0.0663. The van der Waals surface area contributed by atoms with Crippen molar-refractivity contribution in [1.82, 2.24) is 4.90 Å². The van der Waals surface area contributed by atoms with Crippen molar-refractivity contribution in [3.8, 4) is 0 Å². The quantitative estimate of drug-likeness (QED) is 0.530. The molecule has 1 fully saturated rings. The molecule has 1 aliphatic rings. The molecule has 4 N–H and O–H groups in total. The normalized spacial score (nSPS) is 27.3. The summed E-state index contributed by atoms with van der Waals surface area (Å²) in [6.45, 7) is 3.52. The van der Waals surface area contributed by atoms with Gasteiger partial charge in [-0.2, -0.15) is 0 Å². The molecule has 0 bridgehead atoms. The van der Waals surface area contributed by atoms with Gasteiger partial charge in [0.2, 0.25) is 0 Å². The van der Waals surface area contributed by atoms with Crippen LogP contribution in [0.2, 0.25) is 0 Å². The average molecular weight is 218 g/mol. The molecule has 88 valence electrons. The number of morpholine rings is 1. The van der Waals surface area contributed by atoms with Crippen LogP contribution in [0, 0.1) is 0 Å². The van der Waals surface area contributed by atoms with Crippen molar-refractivity contribution in [1.29, 1.82) is 0 Å². The summed E-state index contributed by atoms with van der Waals surface area (Å²) < 4.78 is 5.34. The molecule has 2 unspecified atom stereocenters. The van der Waals surface area contributed by atoms with E-state index in [-0.39, 0.29) is 12.6 Å². The minimum atomic E-state index is -1.71. The number of rotatable bonds is 4. The highest BCUT2D eigenvalue weighted by atomic mass is 16.5. The fraction of sp³-hybridized carbons (Fsp3) is 0.889. The van der Waals surface area contributed by atoms with Gasteiger partial charge in [0.25, 0.3) is 0 Å². The van der Waals surface area contributed by atoms with E-state index in [1.807, 2.05) is 4.90 Å². The predicted molar refractivity (Wildman–Crippen MR) is 53.5 cm³/mol. The first-order valence-electron chi connectivity index (χ1n) is 4.95. The smallest absolute Gasteiger partial charge is 0.336 e. The minimum absolute atomic E-state index is 0.0663.